The van der Waals surface area contributed by atoms with Crippen LogP contribution in [0.3, 0.4) is 0 Å². The third-order valence-corrected chi connectivity index (χ3v) is 3.15. The first-order valence-corrected chi connectivity index (χ1v) is 6.34. The molecule has 0 bridgehead atoms. The molecule has 0 radical (unpaired) electrons. The minimum atomic E-state index is -0.741. The molecule has 100 valence electrons. The van der Waals surface area contributed by atoms with E-state index in [1.54, 1.807) is 0 Å². The Morgan fingerprint density at radius 3 is 2.56 bits per heavy atom. The molecule has 0 aliphatic heterocycles. The lowest BCUT2D eigenvalue weighted by molar-refractivity contribution is -0.143. The molecule has 0 amide bonds. The van der Waals surface area contributed by atoms with Crippen LogP contribution < -0.4 is 4.74 Å². The Kier molecular flexibility index (Phi) is 5.20. The van der Waals surface area contributed by atoms with E-state index in [0.29, 0.717) is 13.0 Å². The number of hydrogen-bond acceptors (Lipinski definition) is 2. The van der Waals surface area contributed by atoms with Crippen molar-refractivity contribution in [3.8, 4) is 5.75 Å². The van der Waals surface area contributed by atoms with Crippen LogP contribution in [0.2, 0.25) is 0 Å². The van der Waals surface area contributed by atoms with Crippen molar-refractivity contribution in [1.82, 2.24) is 0 Å². The smallest absolute Gasteiger partial charge is 0.306 e. The summed E-state index contributed by atoms with van der Waals surface area (Å²) < 4.78 is 5.69. The van der Waals surface area contributed by atoms with Gasteiger partial charge in [-0.05, 0) is 43.4 Å². The average molecular weight is 250 g/mol. The van der Waals surface area contributed by atoms with E-state index in [9.17, 15) is 4.79 Å². The number of ether oxygens (including phenoxy) is 1. The Labute approximate surface area is 109 Å². The summed E-state index contributed by atoms with van der Waals surface area (Å²) in [6.45, 7) is 8.30. The van der Waals surface area contributed by atoms with Crippen molar-refractivity contribution in [3.63, 3.8) is 0 Å². The van der Waals surface area contributed by atoms with Gasteiger partial charge in [-0.2, -0.15) is 0 Å². The fourth-order valence-corrected chi connectivity index (χ4v) is 1.90. The van der Waals surface area contributed by atoms with Gasteiger partial charge in [-0.25, -0.2) is 0 Å². The highest BCUT2D eigenvalue weighted by Gasteiger charge is 2.21. The van der Waals surface area contributed by atoms with E-state index in [0.717, 1.165) is 16.9 Å². The summed E-state index contributed by atoms with van der Waals surface area (Å²) in [5.74, 6) is -0.0997. The van der Waals surface area contributed by atoms with Crippen molar-refractivity contribution in [2.75, 3.05) is 6.61 Å². The van der Waals surface area contributed by atoms with Crippen LogP contribution in [0.4, 0.5) is 0 Å². The lowest BCUT2D eigenvalue weighted by Crippen LogP contribution is -2.22. The molecule has 3 heteroatoms. The maximum absolute atomic E-state index is 11.0. The number of hydrogen-bond donors (Lipinski definition) is 1. The minimum absolute atomic E-state index is 0.129. The van der Waals surface area contributed by atoms with Gasteiger partial charge in [0.05, 0.1) is 12.5 Å². The van der Waals surface area contributed by atoms with E-state index in [4.69, 9.17) is 9.84 Å². The van der Waals surface area contributed by atoms with Crippen LogP contribution in [0.1, 0.15) is 31.4 Å². The number of carboxylic acids is 1. The molecule has 1 rings (SSSR count). The second-order valence-corrected chi connectivity index (χ2v) is 5.09. The van der Waals surface area contributed by atoms with E-state index in [-0.39, 0.29) is 11.8 Å². The number of carboxylic acid groups (broad SMARTS) is 1. The molecule has 0 aliphatic rings. The van der Waals surface area contributed by atoms with E-state index in [1.165, 1.54) is 0 Å². The molecule has 0 aliphatic carbocycles. The van der Waals surface area contributed by atoms with Gasteiger partial charge in [-0.15, -0.1) is 0 Å². The van der Waals surface area contributed by atoms with Gasteiger partial charge in [0.15, 0.2) is 0 Å². The van der Waals surface area contributed by atoms with Gasteiger partial charge in [-0.1, -0.05) is 26.0 Å². The number of carbonyl (C=O) groups is 1. The summed E-state index contributed by atoms with van der Waals surface area (Å²) in [6.07, 6.45) is 0.542. The molecule has 0 spiro atoms. The Morgan fingerprint density at radius 1 is 1.33 bits per heavy atom. The van der Waals surface area contributed by atoms with Gasteiger partial charge in [0.2, 0.25) is 0 Å². The third-order valence-electron chi connectivity index (χ3n) is 3.15. The molecule has 1 unspecified atom stereocenters. The molecule has 1 aromatic rings. The Balaban J connectivity index is 2.55. The van der Waals surface area contributed by atoms with Crippen LogP contribution in [0.5, 0.6) is 5.75 Å². The zero-order chi connectivity index (χ0) is 13.7. The summed E-state index contributed by atoms with van der Waals surface area (Å²) in [4.78, 5) is 11.0. The van der Waals surface area contributed by atoms with Crippen molar-refractivity contribution in [1.29, 1.82) is 0 Å². The second-order valence-electron chi connectivity index (χ2n) is 5.09. The molecule has 0 heterocycles. The third kappa shape index (κ3) is 4.06. The predicted octanol–water partition coefficient (Wildman–Crippen LogP) is 3.43. The molecule has 0 saturated heterocycles. The van der Waals surface area contributed by atoms with Crippen LogP contribution >= 0.6 is 0 Å². The molecule has 0 aromatic heterocycles. The largest absolute Gasteiger partial charge is 0.493 e. The second kappa shape index (κ2) is 6.43. The van der Waals surface area contributed by atoms with Crippen LogP contribution in [0.15, 0.2) is 18.2 Å². The molecular weight excluding hydrogens is 228 g/mol. The van der Waals surface area contributed by atoms with Gasteiger partial charge < -0.3 is 9.84 Å². The maximum atomic E-state index is 11.0. The van der Waals surface area contributed by atoms with Crippen molar-refractivity contribution in [3.05, 3.63) is 29.3 Å². The first kappa shape index (κ1) is 14.6. The zero-order valence-electron chi connectivity index (χ0n) is 11.6. The lowest BCUT2D eigenvalue weighted by Gasteiger charge is -2.17. The first-order chi connectivity index (χ1) is 8.41. The van der Waals surface area contributed by atoms with Crippen LogP contribution in [-0.2, 0) is 4.79 Å². The Morgan fingerprint density at radius 2 is 2.00 bits per heavy atom. The molecule has 0 saturated carbocycles. The Bertz CT molecular complexity index is 410. The van der Waals surface area contributed by atoms with Gasteiger partial charge in [-0.3, -0.25) is 4.79 Å². The van der Waals surface area contributed by atoms with Gasteiger partial charge >= 0.3 is 5.97 Å². The summed E-state index contributed by atoms with van der Waals surface area (Å²) in [7, 11) is 0. The number of rotatable bonds is 6. The van der Waals surface area contributed by atoms with Crippen LogP contribution in [0, 0.1) is 25.7 Å². The lowest BCUT2D eigenvalue weighted by atomic mass is 9.93. The van der Waals surface area contributed by atoms with Crippen molar-refractivity contribution >= 4 is 5.97 Å². The average Bonchev–Trinajstić information content (AvgIpc) is 2.27. The molecule has 3 nitrogen and oxygen atoms in total. The number of benzene rings is 1. The SMILES string of the molecule is Cc1ccc(C)c(OCCC(C(=O)O)C(C)C)c1. The van der Waals surface area contributed by atoms with E-state index >= 15 is 0 Å². The first-order valence-electron chi connectivity index (χ1n) is 6.34. The Hall–Kier alpha value is -1.51. The monoisotopic (exact) mass is 250 g/mol. The molecule has 0 fully saturated rings. The normalized spacial score (nSPS) is 12.5. The quantitative estimate of drug-likeness (QED) is 0.841. The highest BCUT2D eigenvalue weighted by atomic mass is 16.5. The van der Waals surface area contributed by atoms with E-state index < -0.39 is 5.97 Å². The zero-order valence-corrected chi connectivity index (χ0v) is 11.6. The van der Waals surface area contributed by atoms with Gasteiger partial charge in [0.25, 0.3) is 0 Å². The van der Waals surface area contributed by atoms with E-state index in [2.05, 4.69) is 0 Å². The summed E-state index contributed by atoms with van der Waals surface area (Å²) >= 11 is 0. The highest BCUT2D eigenvalue weighted by Crippen LogP contribution is 2.21. The van der Waals surface area contributed by atoms with Gasteiger partial charge in [0.1, 0.15) is 5.75 Å². The number of aryl methyl sites for hydroxylation is 2. The fraction of sp³-hybridized carbons (Fsp3) is 0.533. The standard InChI is InChI=1S/C15H22O3/c1-10(2)13(15(16)17)7-8-18-14-9-11(3)5-6-12(14)4/h5-6,9-10,13H,7-8H2,1-4H3,(H,16,17). The highest BCUT2D eigenvalue weighted by molar-refractivity contribution is 5.70. The van der Waals surface area contributed by atoms with Crippen molar-refractivity contribution in [2.45, 2.75) is 34.1 Å². The summed E-state index contributed by atoms with van der Waals surface area (Å²) in [5, 5.41) is 9.08. The summed E-state index contributed by atoms with van der Waals surface area (Å²) in [6, 6.07) is 6.04. The summed E-state index contributed by atoms with van der Waals surface area (Å²) in [5.41, 5.74) is 2.23. The predicted molar refractivity (Wildman–Crippen MR) is 72.0 cm³/mol. The maximum Gasteiger partial charge on any atom is 0.306 e. The van der Waals surface area contributed by atoms with Crippen molar-refractivity contribution in [2.24, 2.45) is 11.8 Å². The molecule has 1 N–H and O–H groups in total. The van der Waals surface area contributed by atoms with E-state index in [1.807, 2.05) is 45.9 Å². The molecule has 1 atom stereocenters. The molecular formula is C15H22O3. The van der Waals surface area contributed by atoms with Crippen molar-refractivity contribution < 1.29 is 14.6 Å². The van der Waals surface area contributed by atoms with Crippen LogP contribution in [-0.4, -0.2) is 17.7 Å². The topological polar surface area (TPSA) is 46.5 Å². The molecule has 1 aromatic carbocycles. The molecule has 18 heavy (non-hydrogen) atoms. The number of aliphatic carboxylic acids is 1. The fourth-order valence-electron chi connectivity index (χ4n) is 1.90. The van der Waals surface area contributed by atoms with Crippen LogP contribution in [0.25, 0.3) is 0 Å². The van der Waals surface area contributed by atoms with Gasteiger partial charge in [0, 0.05) is 0 Å². The minimum Gasteiger partial charge on any atom is -0.493 e.